The number of ether oxygens (including phenoxy) is 2. The molecular weight excluding hydrogens is 436 g/mol. The van der Waals surface area contributed by atoms with Gasteiger partial charge in [-0.15, -0.1) is 0 Å². The quantitative estimate of drug-likeness (QED) is 0.681. The molecule has 0 saturated heterocycles. The van der Waals surface area contributed by atoms with Crippen molar-refractivity contribution in [2.75, 3.05) is 12.4 Å². The maximum atomic E-state index is 13.9. The molecular formula is C17H13BrClF2NO4. The summed E-state index contributed by atoms with van der Waals surface area (Å²) in [6, 6.07) is 6.07. The highest BCUT2D eigenvalue weighted by Gasteiger charge is 2.21. The zero-order chi connectivity index (χ0) is 19.4. The van der Waals surface area contributed by atoms with E-state index in [4.69, 9.17) is 16.3 Å². The topological polar surface area (TPSA) is 64.6 Å². The lowest BCUT2D eigenvalue weighted by atomic mass is 10.1. The van der Waals surface area contributed by atoms with E-state index < -0.39 is 35.2 Å². The van der Waals surface area contributed by atoms with Gasteiger partial charge in [0.2, 0.25) is 0 Å². The number of carbonyl (C=O) groups is 2. The molecule has 0 saturated carbocycles. The fourth-order valence-corrected chi connectivity index (χ4v) is 2.74. The van der Waals surface area contributed by atoms with Gasteiger partial charge in [-0.1, -0.05) is 11.6 Å². The van der Waals surface area contributed by atoms with Crippen LogP contribution in [0, 0.1) is 11.6 Å². The molecule has 2 aromatic rings. The molecule has 5 nitrogen and oxygen atoms in total. The second-order valence-electron chi connectivity index (χ2n) is 5.13. The Morgan fingerprint density at radius 2 is 1.88 bits per heavy atom. The first-order chi connectivity index (χ1) is 12.2. The molecule has 0 unspecified atom stereocenters. The number of amides is 1. The van der Waals surface area contributed by atoms with Crippen molar-refractivity contribution in [2.45, 2.75) is 13.0 Å². The number of halogens is 4. The van der Waals surface area contributed by atoms with Crippen LogP contribution >= 0.6 is 27.5 Å². The van der Waals surface area contributed by atoms with Crippen molar-refractivity contribution >= 4 is 45.1 Å². The summed E-state index contributed by atoms with van der Waals surface area (Å²) in [5.74, 6) is -3.47. The third-order valence-electron chi connectivity index (χ3n) is 3.29. The van der Waals surface area contributed by atoms with Crippen LogP contribution in [0.25, 0.3) is 0 Å². The first-order valence-electron chi connectivity index (χ1n) is 7.23. The highest BCUT2D eigenvalue weighted by molar-refractivity contribution is 9.10. The lowest BCUT2D eigenvalue weighted by Gasteiger charge is -2.16. The minimum Gasteiger partial charge on any atom is -0.480 e. The average molecular weight is 449 g/mol. The van der Waals surface area contributed by atoms with Crippen LogP contribution in [-0.4, -0.2) is 25.1 Å². The maximum absolute atomic E-state index is 13.9. The van der Waals surface area contributed by atoms with Gasteiger partial charge in [0.25, 0.3) is 5.91 Å². The van der Waals surface area contributed by atoms with Crippen molar-refractivity contribution in [1.29, 1.82) is 0 Å². The van der Waals surface area contributed by atoms with Gasteiger partial charge in [-0.25, -0.2) is 13.6 Å². The van der Waals surface area contributed by atoms with Gasteiger partial charge in [0.05, 0.1) is 22.8 Å². The molecule has 0 aliphatic rings. The third kappa shape index (κ3) is 4.70. The molecule has 0 heterocycles. The summed E-state index contributed by atoms with van der Waals surface area (Å²) in [5, 5.41) is 2.73. The first kappa shape index (κ1) is 20.1. The Labute approximate surface area is 161 Å². The second kappa shape index (κ2) is 8.46. The lowest BCUT2D eigenvalue weighted by molar-refractivity contribution is -0.122. The van der Waals surface area contributed by atoms with Crippen molar-refractivity contribution in [1.82, 2.24) is 0 Å². The molecule has 1 amide bonds. The first-order valence-corrected chi connectivity index (χ1v) is 8.40. The molecule has 0 bridgehead atoms. The Morgan fingerprint density at radius 1 is 1.19 bits per heavy atom. The predicted molar refractivity (Wildman–Crippen MR) is 95.6 cm³/mol. The van der Waals surface area contributed by atoms with Crippen molar-refractivity contribution in [3.63, 3.8) is 0 Å². The van der Waals surface area contributed by atoms with Crippen molar-refractivity contribution in [2.24, 2.45) is 0 Å². The average Bonchev–Trinajstić information content (AvgIpc) is 2.58. The van der Waals surface area contributed by atoms with E-state index in [1.54, 1.807) is 18.2 Å². The maximum Gasteiger partial charge on any atom is 0.340 e. The Kier molecular flexibility index (Phi) is 6.55. The van der Waals surface area contributed by atoms with E-state index >= 15 is 0 Å². The van der Waals surface area contributed by atoms with Gasteiger partial charge in [-0.2, -0.15) is 0 Å². The fourth-order valence-electron chi connectivity index (χ4n) is 1.96. The van der Waals surface area contributed by atoms with E-state index in [-0.39, 0.29) is 5.69 Å². The zero-order valence-electron chi connectivity index (χ0n) is 13.6. The van der Waals surface area contributed by atoms with Gasteiger partial charge in [-0.05, 0) is 47.1 Å². The van der Waals surface area contributed by atoms with Crippen LogP contribution < -0.4 is 10.1 Å². The predicted octanol–water partition coefficient (Wildman–Crippen LogP) is 4.57. The normalized spacial score (nSPS) is 11.6. The monoisotopic (exact) mass is 447 g/mol. The molecule has 0 radical (unpaired) electrons. The fraction of sp³-hybridized carbons (Fsp3) is 0.176. The number of rotatable bonds is 5. The SMILES string of the molecule is COC(=O)c1cc(NC(=O)[C@H](C)Oc2ccc(Cl)cc2Br)c(F)cc1F. The second-order valence-corrected chi connectivity index (χ2v) is 6.42. The van der Waals surface area contributed by atoms with Crippen LogP contribution in [0.15, 0.2) is 34.8 Å². The molecule has 0 aliphatic heterocycles. The number of carbonyl (C=O) groups excluding carboxylic acids is 2. The largest absolute Gasteiger partial charge is 0.480 e. The number of hydrogen-bond acceptors (Lipinski definition) is 4. The van der Waals surface area contributed by atoms with Crippen LogP contribution in [0.5, 0.6) is 5.75 Å². The van der Waals surface area contributed by atoms with Gasteiger partial charge in [0.1, 0.15) is 17.4 Å². The minimum atomic E-state index is -1.10. The number of hydrogen-bond donors (Lipinski definition) is 1. The van der Waals surface area contributed by atoms with Crippen molar-refractivity contribution < 1.29 is 27.8 Å². The van der Waals surface area contributed by atoms with Crippen LogP contribution in [0.3, 0.4) is 0 Å². The summed E-state index contributed by atoms with van der Waals surface area (Å²) in [4.78, 5) is 23.7. The molecule has 2 rings (SSSR count). The molecule has 0 aliphatic carbocycles. The van der Waals surface area contributed by atoms with Crippen molar-refractivity contribution in [3.05, 3.63) is 57.0 Å². The van der Waals surface area contributed by atoms with Crippen LogP contribution in [0.1, 0.15) is 17.3 Å². The highest BCUT2D eigenvalue weighted by atomic mass is 79.9. The van der Waals surface area contributed by atoms with Gasteiger partial charge in [0.15, 0.2) is 6.10 Å². The molecule has 1 N–H and O–H groups in total. The van der Waals surface area contributed by atoms with Crippen molar-refractivity contribution in [3.8, 4) is 5.75 Å². The molecule has 0 fully saturated rings. The third-order valence-corrected chi connectivity index (χ3v) is 4.14. The van der Waals surface area contributed by atoms with E-state index in [1.165, 1.54) is 6.92 Å². The lowest BCUT2D eigenvalue weighted by Crippen LogP contribution is -2.30. The number of esters is 1. The van der Waals surface area contributed by atoms with Gasteiger partial charge >= 0.3 is 5.97 Å². The van der Waals surface area contributed by atoms with E-state index in [0.717, 1.165) is 13.2 Å². The van der Waals surface area contributed by atoms with E-state index in [9.17, 15) is 18.4 Å². The molecule has 26 heavy (non-hydrogen) atoms. The van der Waals surface area contributed by atoms with Crippen LogP contribution in [-0.2, 0) is 9.53 Å². The summed E-state index contributed by atoms with van der Waals surface area (Å²) in [7, 11) is 1.06. The van der Waals surface area contributed by atoms with E-state index in [1.807, 2.05) is 0 Å². The van der Waals surface area contributed by atoms with Gasteiger partial charge < -0.3 is 14.8 Å². The Bertz CT molecular complexity index is 863. The van der Waals surface area contributed by atoms with E-state index in [2.05, 4.69) is 26.0 Å². The van der Waals surface area contributed by atoms with Crippen LogP contribution in [0.2, 0.25) is 5.02 Å². The Hall–Kier alpha value is -2.19. The molecule has 1 atom stereocenters. The zero-order valence-corrected chi connectivity index (χ0v) is 16.0. The molecule has 138 valence electrons. The molecule has 0 spiro atoms. The standard InChI is InChI=1S/C17H13BrClF2NO4/c1-8(26-15-4-3-9(19)5-11(15)18)16(23)22-14-6-10(17(24)25-2)12(20)7-13(14)21/h3-8H,1-2H3,(H,22,23)/t8-/m0/s1. The molecule has 2 aromatic carbocycles. The van der Waals surface area contributed by atoms with E-state index in [0.29, 0.717) is 21.3 Å². The number of benzene rings is 2. The summed E-state index contributed by atoms with van der Waals surface area (Å²) >= 11 is 9.08. The number of nitrogens with one attached hydrogen (secondary N) is 1. The van der Waals surface area contributed by atoms with Gasteiger partial charge in [-0.3, -0.25) is 4.79 Å². The van der Waals surface area contributed by atoms with Gasteiger partial charge in [0, 0.05) is 11.1 Å². The molecule has 9 heteroatoms. The Balaban J connectivity index is 2.17. The number of anilines is 1. The summed E-state index contributed by atoms with van der Waals surface area (Å²) < 4.78 is 38.0. The smallest absolute Gasteiger partial charge is 0.340 e. The number of methoxy groups -OCH3 is 1. The van der Waals surface area contributed by atoms with Crippen LogP contribution in [0.4, 0.5) is 14.5 Å². The summed E-state index contributed by atoms with van der Waals surface area (Å²) in [6.07, 6.45) is -1.02. The minimum absolute atomic E-state index is 0.354. The summed E-state index contributed by atoms with van der Waals surface area (Å²) in [5.41, 5.74) is -0.874. The highest BCUT2D eigenvalue weighted by Crippen LogP contribution is 2.29. The Morgan fingerprint density at radius 3 is 2.50 bits per heavy atom. The molecule has 0 aromatic heterocycles. The summed E-state index contributed by atoms with van der Waals surface area (Å²) in [6.45, 7) is 1.44.